The van der Waals surface area contributed by atoms with Gasteiger partial charge in [0.1, 0.15) is 12.1 Å². The Kier molecular flexibility index (Phi) is 19.1. The van der Waals surface area contributed by atoms with Gasteiger partial charge in [0.15, 0.2) is 5.96 Å². The van der Waals surface area contributed by atoms with Crippen LogP contribution in [0.25, 0.3) is 0 Å². The summed E-state index contributed by atoms with van der Waals surface area (Å²) in [4.78, 5) is 20.4. The Morgan fingerprint density at radius 1 is 1.00 bits per heavy atom. The standard InChI is InChI=1S/C6H14N4O2.C6H14N2O2.ClH/c7-4(5(11)12)2-1-3-10-6(8)9;7-4-2-1-3-5(8)6(9)10;/h4H,1-3,7H2,(H,11,12)(H4,8,9,10);5H,1-4,7-8H2,(H,9,10);1H/t4-;5-;/m00./s1. The van der Waals surface area contributed by atoms with Gasteiger partial charge in [-0.25, -0.2) is 0 Å². The molecule has 0 fully saturated rings. The van der Waals surface area contributed by atoms with Gasteiger partial charge in [0.05, 0.1) is 0 Å². The first-order chi connectivity index (χ1) is 10.2. The molecule has 0 heterocycles. The van der Waals surface area contributed by atoms with Crippen LogP contribution >= 0.6 is 12.4 Å². The number of hydrogen-bond donors (Lipinski definition) is 8. The van der Waals surface area contributed by atoms with Crippen molar-refractivity contribution in [1.82, 2.24) is 5.32 Å². The maximum absolute atomic E-state index is 10.2. The number of carboxylic acid groups (broad SMARTS) is 2. The van der Waals surface area contributed by atoms with Crippen LogP contribution in [0.15, 0.2) is 0 Å². The Labute approximate surface area is 141 Å². The van der Waals surface area contributed by atoms with Gasteiger partial charge in [0.25, 0.3) is 0 Å². The molecule has 0 bridgehead atoms. The molecule has 11 heteroatoms. The zero-order chi connectivity index (χ0) is 17.5. The Bertz CT molecular complexity index is 346. The molecule has 0 aromatic heterocycles. The molecule has 0 radical (unpaired) electrons. The van der Waals surface area contributed by atoms with Gasteiger partial charge in [-0.05, 0) is 32.2 Å². The smallest absolute Gasteiger partial charge is 0.320 e. The summed E-state index contributed by atoms with van der Waals surface area (Å²) in [6.07, 6.45) is 3.14. The van der Waals surface area contributed by atoms with Crippen molar-refractivity contribution in [1.29, 1.82) is 5.41 Å². The first kappa shape index (κ1) is 26.3. The highest BCUT2D eigenvalue weighted by molar-refractivity contribution is 5.85. The van der Waals surface area contributed by atoms with Crippen molar-refractivity contribution in [2.24, 2.45) is 22.9 Å². The summed E-state index contributed by atoms with van der Waals surface area (Å²) < 4.78 is 0. The van der Waals surface area contributed by atoms with E-state index in [1.54, 1.807) is 0 Å². The topological polar surface area (TPSA) is 215 Å². The molecule has 23 heavy (non-hydrogen) atoms. The van der Waals surface area contributed by atoms with Crippen LogP contribution in [-0.2, 0) is 9.59 Å². The lowest BCUT2D eigenvalue weighted by Crippen LogP contribution is -2.34. The molecule has 138 valence electrons. The third-order valence-electron chi connectivity index (χ3n) is 2.61. The lowest BCUT2D eigenvalue weighted by molar-refractivity contribution is -0.139. The van der Waals surface area contributed by atoms with E-state index in [4.69, 9.17) is 38.6 Å². The molecule has 12 N–H and O–H groups in total. The molecule has 2 atom stereocenters. The van der Waals surface area contributed by atoms with Crippen molar-refractivity contribution in [2.75, 3.05) is 13.1 Å². The van der Waals surface area contributed by atoms with E-state index in [0.29, 0.717) is 32.4 Å². The molecule has 0 spiro atoms. The van der Waals surface area contributed by atoms with E-state index >= 15 is 0 Å². The van der Waals surface area contributed by atoms with Crippen LogP contribution in [0.2, 0.25) is 0 Å². The largest absolute Gasteiger partial charge is 0.480 e. The summed E-state index contributed by atoms with van der Waals surface area (Å²) in [6, 6.07) is -1.54. The van der Waals surface area contributed by atoms with E-state index in [9.17, 15) is 9.59 Å². The molecule has 0 aliphatic rings. The molecule has 0 saturated carbocycles. The lowest BCUT2D eigenvalue weighted by atomic mass is 10.1. The fourth-order valence-electron chi connectivity index (χ4n) is 1.30. The molecule has 0 unspecified atom stereocenters. The minimum atomic E-state index is -1.00. The summed E-state index contributed by atoms with van der Waals surface area (Å²) >= 11 is 0. The number of rotatable bonds is 10. The number of nitrogens with one attached hydrogen (secondary N) is 2. The number of aliphatic carboxylic acids is 2. The molecule has 0 aromatic rings. The van der Waals surface area contributed by atoms with Gasteiger partial charge in [0, 0.05) is 6.54 Å². The maximum atomic E-state index is 10.2. The van der Waals surface area contributed by atoms with Gasteiger partial charge in [-0.3, -0.25) is 15.0 Å². The van der Waals surface area contributed by atoms with E-state index < -0.39 is 24.0 Å². The average Bonchev–Trinajstić information content (AvgIpc) is 2.43. The second kappa shape index (κ2) is 16.7. The monoisotopic (exact) mass is 356 g/mol. The fraction of sp³-hybridized carbons (Fsp3) is 0.750. The van der Waals surface area contributed by atoms with E-state index in [-0.39, 0.29) is 18.4 Å². The van der Waals surface area contributed by atoms with Gasteiger partial charge >= 0.3 is 11.9 Å². The second-order valence-corrected chi connectivity index (χ2v) is 4.66. The Balaban J connectivity index is -0.000000338. The van der Waals surface area contributed by atoms with Gasteiger partial charge in [0.2, 0.25) is 0 Å². The predicted molar refractivity (Wildman–Crippen MR) is 90.5 cm³/mol. The molecule has 0 saturated heterocycles. The van der Waals surface area contributed by atoms with Crippen molar-refractivity contribution < 1.29 is 19.8 Å². The lowest BCUT2D eigenvalue weighted by Gasteiger charge is -2.06. The van der Waals surface area contributed by atoms with Crippen LogP contribution in [-0.4, -0.2) is 53.3 Å². The minimum absolute atomic E-state index is 0. The third kappa shape index (κ3) is 20.4. The van der Waals surface area contributed by atoms with Crippen LogP contribution in [0.1, 0.15) is 32.1 Å². The normalized spacial score (nSPS) is 12.0. The summed E-state index contributed by atoms with van der Waals surface area (Å²) in [5.41, 5.74) is 20.6. The van der Waals surface area contributed by atoms with Crippen LogP contribution < -0.4 is 28.3 Å². The molecule has 0 aliphatic heterocycles. The molecule has 0 aliphatic carbocycles. The van der Waals surface area contributed by atoms with Crippen LogP contribution in [0, 0.1) is 5.41 Å². The molecule has 0 rings (SSSR count). The van der Waals surface area contributed by atoms with Crippen LogP contribution in [0.5, 0.6) is 0 Å². The zero-order valence-corrected chi connectivity index (χ0v) is 13.8. The predicted octanol–water partition coefficient (Wildman–Crippen LogP) is -1.39. The number of unbranched alkanes of at least 4 members (excludes halogenated alkanes) is 1. The number of guanidine groups is 1. The molecular formula is C12H29ClN6O4. The van der Waals surface area contributed by atoms with Crippen LogP contribution in [0.4, 0.5) is 0 Å². The SMILES string of the molecule is Cl.N=C(N)NCCC[C@H](N)C(=O)O.NCCCC[C@H](N)C(=O)O. The average molecular weight is 357 g/mol. The highest BCUT2D eigenvalue weighted by Gasteiger charge is 2.10. The highest BCUT2D eigenvalue weighted by atomic mass is 35.5. The van der Waals surface area contributed by atoms with Crippen molar-refractivity contribution in [3.05, 3.63) is 0 Å². The molecule has 0 amide bonds. The third-order valence-corrected chi connectivity index (χ3v) is 2.61. The maximum Gasteiger partial charge on any atom is 0.320 e. The number of nitrogens with two attached hydrogens (primary N) is 4. The molecular weight excluding hydrogens is 328 g/mol. The van der Waals surface area contributed by atoms with E-state index in [2.05, 4.69) is 5.32 Å². The summed E-state index contributed by atoms with van der Waals surface area (Å²) in [6.45, 7) is 1.09. The summed E-state index contributed by atoms with van der Waals surface area (Å²) in [5.74, 6) is -2.05. The number of carboxylic acids is 2. The first-order valence-corrected chi connectivity index (χ1v) is 6.97. The molecule has 10 nitrogen and oxygen atoms in total. The van der Waals surface area contributed by atoms with Gasteiger partial charge in [-0.2, -0.15) is 0 Å². The van der Waals surface area contributed by atoms with E-state index in [1.807, 2.05) is 0 Å². The fourth-order valence-corrected chi connectivity index (χ4v) is 1.30. The number of halogens is 1. The Morgan fingerprint density at radius 2 is 1.43 bits per heavy atom. The van der Waals surface area contributed by atoms with Crippen molar-refractivity contribution in [2.45, 2.75) is 44.2 Å². The second-order valence-electron chi connectivity index (χ2n) is 4.66. The summed E-state index contributed by atoms with van der Waals surface area (Å²) in [5, 5.41) is 26.0. The van der Waals surface area contributed by atoms with Gasteiger partial charge in [-0.1, -0.05) is 6.42 Å². The number of hydrogen-bond acceptors (Lipinski definition) is 6. The van der Waals surface area contributed by atoms with Crippen molar-refractivity contribution >= 4 is 30.3 Å². The minimum Gasteiger partial charge on any atom is -0.480 e. The molecule has 0 aromatic carbocycles. The first-order valence-electron chi connectivity index (χ1n) is 6.97. The van der Waals surface area contributed by atoms with Crippen LogP contribution in [0.3, 0.4) is 0 Å². The Hall–Kier alpha value is -1.62. The van der Waals surface area contributed by atoms with E-state index in [1.165, 1.54) is 0 Å². The zero-order valence-electron chi connectivity index (χ0n) is 13.0. The van der Waals surface area contributed by atoms with Gasteiger partial charge < -0.3 is 38.5 Å². The summed E-state index contributed by atoms with van der Waals surface area (Å²) in [7, 11) is 0. The highest BCUT2D eigenvalue weighted by Crippen LogP contribution is 1.97. The quantitative estimate of drug-likeness (QED) is 0.131. The van der Waals surface area contributed by atoms with Crippen molar-refractivity contribution in [3.8, 4) is 0 Å². The Morgan fingerprint density at radius 3 is 1.78 bits per heavy atom. The van der Waals surface area contributed by atoms with E-state index in [0.717, 1.165) is 12.8 Å². The van der Waals surface area contributed by atoms with Crippen molar-refractivity contribution in [3.63, 3.8) is 0 Å². The number of carbonyl (C=O) groups is 2. The van der Waals surface area contributed by atoms with Gasteiger partial charge in [-0.15, -0.1) is 12.4 Å².